The molecule has 17 heavy (non-hydrogen) atoms. The van der Waals surface area contributed by atoms with Gasteiger partial charge in [0.15, 0.2) is 0 Å². The topological polar surface area (TPSA) is 64.7 Å². The average Bonchev–Trinajstić information content (AvgIpc) is 2.76. The molecule has 0 aromatic rings. The fourth-order valence-electron chi connectivity index (χ4n) is 1.66. The predicted molar refractivity (Wildman–Crippen MR) is 73.3 cm³/mol. The van der Waals surface area contributed by atoms with E-state index >= 15 is 0 Å². The molecule has 7 heteroatoms. The van der Waals surface area contributed by atoms with Gasteiger partial charge >= 0.3 is 5.97 Å². The van der Waals surface area contributed by atoms with Gasteiger partial charge in [-0.25, -0.2) is 4.79 Å². The second kappa shape index (κ2) is 4.96. The zero-order chi connectivity index (χ0) is 12.6. The number of halogens is 1. The van der Waals surface area contributed by atoms with E-state index in [9.17, 15) is 4.79 Å². The number of fused-ring (bicyclic) bond motifs is 1. The number of ether oxygens (including phenoxy) is 1. The minimum atomic E-state index is -0.475. The average molecular weight is 291 g/mol. The van der Waals surface area contributed by atoms with Crippen LogP contribution < -0.4 is 5.73 Å². The largest absolute Gasteiger partial charge is 0.465 e. The van der Waals surface area contributed by atoms with Crippen LogP contribution in [0.15, 0.2) is 27.4 Å². The van der Waals surface area contributed by atoms with Crippen molar-refractivity contribution in [3.05, 3.63) is 22.4 Å². The molecule has 92 valence electrons. The van der Waals surface area contributed by atoms with Crippen molar-refractivity contribution in [2.45, 2.75) is 11.3 Å². The van der Waals surface area contributed by atoms with Crippen LogP contribution in [0.5, 0.6) is 0 Å². The fourth-order valence-corrected chi connectivity index (χ4v) is 3.85. The molecule has 1 heterocycles. The number of esters is 1. The molecule has 0 spiro atoms. The van der Waals surface area contributed by atoms with Gasteiger partial charge in [-0.2, -0.15) is 0 Å². The van der Waals surface area contributed by atoms with E-state index in [1.165, 1.54) is 7.11 Å². The number of thioether (sulfide) groups is 2. The summed E-state index contributed by atoms with van der Waals surface area (Å²) in [5, 5.41) is 0.475. The number of methoxy groups -OCH3 is 1. The Bertz CT molecular complexity index is 459. The highest BCUT2D eigenvalue weighted by Crippen LogP contribution is 2.42. The van der Waals surface area contributed by atoms with E-state index in [4.69, 9.17) is 17.3 Å². The van der Waals surface area contributed by atoms with Crippen molar-refractivity contribution < 1.29 is 9.53 Å². The summed E-state index contributed by atoms with van der Waals surface area (Å²) >= 11 is 9.33. The molecule has 0 aromatic carbocycles. The molecule has 1 aliphatic carbocycles. The van der Waals surface area contributed by atoms with Crippen LogP contribution >= 0.6 is 35.1 Å². The van der Waals surface area contributed by atoms with Crippen molar-refractivity contribution in [3.8, 4) is 0 Å². The summed E-state index contributed by atoms with van der Waals surface area (Å²) in [5.74, 6) is -0.475. The highest BCUT2D eigenvalue weighted by molar-refractivity contribution is 8.39. The van der Waals surface area contributed by atoms with E-state index < -0.39 is 5.97 Å². The van der Waals surface area contributed by atoms with Crippen LogP contribution in [0.1, 0.15) is 0 Å². The summed E-state index contributed by atoms with van der Waals surface area (Å²) in [6.07, 6.45) is 3.68. The van der Waals surface area contributed by atoms with Gasteiger partial charge in [-0.15, -0.1) is 11.8 Å². The van der Waals surface area contributed by atoms with Gasteiger partial charge in [-0.1, -0.05) is 23.4 Å². The van der Waals surface area contributed by atoms with Gasteiger partial charge in [-0.05, 0) is 12.3 Å². The summed E-state index contributed by atoms with van der Waals surface area (Å²) in [6.45, 7) is 0. The Hall–Kier alpha value is -0.590. The first-order valence-corrected chi connectivity index (χ1v) is 7.30. The fraction of sp³-hybridized carbons (Fsp3) is 0.400. The van der Waals surface area contributed by atoms with Gasteiger partial charge < -0.3 is 10.5 Å². The lowest BCUT2D eigenvalue weighted by Gasteiger charge is -2.22. The van der Waals surface area contributed by atoms with Gasteiger partial charge in [0.1, 0.15) is 4.38 Å². The molecule has 2 unspecified atom stereocenters. The van der Waals surface area contributed by atoms with Crippen molar-refractivity contribution in [3.63, 3.8) is 0 Å². The minimum Gasteiger partial charge on any atom is -0.465 e. The maximum atomic E-state index is 11.5. The molecular formula is C10H11ClN2O2S2. The molecule has 0 saturated heterocycles. The molecule has 0 fully saturated rings. The number of carbonyl (C=O) groups excluding carboxylic acids is 1. The zero-order valence-electron chi connectivity index (χ0n) is 9.27. The van der Waals surface area contributed by atoms with E-state index in [1.807, 2.05) is 6.26 Å². The maximum absolute atomic E-state index is 11.5. The number of aliphatic imine (C=N–C) groups is 1. The molecule has 2 atom stereocenters. The first-order valence-electron chi connectivity index (χ1n) is 4.82. The van der Waals surface area contributed by atoms with Crippen molar-refractivity contribution >= 4 is 45.5 Å². The lowest BCUT2D eigenvalue weighted by atomic mass is 9.99. The Morgan fingerprint density at radius 3 is 3.00 bits per heavy atom. The standard InChI is InChI=1S/C10H11ClN2O2S2/c1-15-9(14)4-3-5-8(6(11)7(4)12)17-10(13-5)16-2/h3,5,8H,12H2,1-2H3. The highest BCUT2D eigenvalue weighted by atomic mass is 35.5. The third kappa shape index (κ3) is 2.21. The SMILES string of the molecule is COC(=O)C1=CC2N=C(SC)SC2C(Cl)=C1N. The summed E-state index contributed by atoms with van der Waals surface area (Å²) in [7, 11) is 1.32. The lowest BCUT2D eigenvalue weighted by molar-refractivity contribution is -0.135. The first kappa shape index (κ1) is 12.9. The lowest BCUT2D eigenvalue weighted by Crippen LogP contribution is -2.28. The summed E-state index contributed by atoms with van der Waals surface area (Å²) in [5.41, 5.74) is 6.46. The Morgan fingerprint density at radius 1 is 1.71 bits per heavy atom. The number of carbonyl (C=O) groups is 1. The van der Waals surface area contributed by atoms with Crippen LogP contribution in [0.2, 0.25) is 0 Å². The molecule has 2 rings (SSSR count). The van der Waals surface area contributed by atoms with Gasteiger partial charge in [-0.3, -0.25) is 4.99 Å². The second-order valence-corrected chi connectivity index (χ2v) is 6.05. The zero-order valence-corrected chi connectivity index (χ0v) is 11.7. The molecule has 0 bridgehead atoms. The normalized spacial score (nSPS) is 27.5. The minimum absolute atomic E-state index is 0.00692. The number of nitrogens with two attached hydrogens (primary N) is 1. The van der Waals surface area contributed by atoms with Crippen molar-refractivity contribution in [1.29, 1.82) is 0 Å². The van der Waals surface area contributed by atoms with Crippen LogP contribution in [-0.4, -0.2) is 35.0 Å². The number of rotatable bonds is 1. The molecule has 2 N–H and O–H groups in total. The third-order valence-electron chi connectivity index (χ3n) is 2.51. The van der Waals surface area contributed by atoms with Crippen LogP contribution in [0.25, 0.3) is 0 Å². The summed E-state index contributed by atoms with van der Waals surface area (Å²) < 4.78 is 5.62. The number of hydrogen-bond donors (Lipinski definition) is 1. The summed E-state index contributed by atoms with van der Waals surface area (Å²) in [6, 6.07) is -0.128. The van der Waals surface area contributed by atoms with Crippen molar-refractivity contribution in [2.24, 2.45) is 10.7 Å². The molecule has 1 aliphatic heterocycles. The summed E-state index contributed by atoms with van der Waals surface area (Å²) in [4.78, 5) is 16.0. The predicted octanol–water partition coefficient (Wildman–Crippen LogP) is 1.71. The van der Waals surface area contributed by atoms with Crippen LogP contribution in [-0.2, 0) is 9.53 Å². The quantitative estimate of drug-likeness (QED) is 0.745. The number of hydrogen-bond acceptors (Lipinski definition) is 6. The van der Waals surface area contributed by atoms with Crippen molar-refractivity contribution in [2.75, 3.05) is 13.4 Å². The molecular weight excluding hydrogens is 280 g/mol. The van der Waals surface area contributed by atoms with Gasteiger partial charge in [0, 0.05) is 0 Å². The molecule has 2 aliphatic rings. The van der Waals surface area contributed by atoms with Crippen LogP contribution in [0.4, 0.5) is 0 Å². The van der Waals surface area contributed by atoms with Crippen molar-refractivity contribution in [1.82, 2.24) is 0 Å². The Labute approximate surface area is 113 Å². The number of nitrogens with zero attached hydrogens (tertiary/aromatic N) is 1. The van der Waals surface area contributed by atoms with Crippen LogP contribution in [0.3, 0.4) is 0 Å². The maximum Gasteiger partial charge on any atom is 0.339 e. The Kier molecular flexibility index (Phi) is 3.75. The van der Waals surface area contributed by atoms with Crippen LogP contribution in [0, 0.1) is 0 Å². The third-order valence-corrected chi connectivity index (χ3v) is 5.39. The van der Waals surface area contributed by atoms with E-state index in [1.54, 1.807) is 29.6 Å². The molecule has 0 amide bonds. The Morgan fingerprint density at radius 2 is 2.41 bits per heavy atom. The van der Waals surface area contributed by atoms with E-state index in [2.05, 4.69) is 9.73 Å². The smallest absolute Gasteiger partial charge is 0.339 e. The van der Waals surface area contributed by atoms with E-state index in [0.717, 1.165) is 4.38 Å². The van der Waals surface area contributed by atoms with Gasteiger partial charge in [0.25, 0.3) is 0 Å². The molecule has 4 nitrogen and oxygen atoms in total. The monoisotopic (exact) mass is 290 g/mol. The molecule has 0 aromatic heterocycles. The second-order valence-electron chi connectivity index (χ2n) is 3.46. The molecule has 0 saturated carbocycles. The van der Waals surface area contributed by atoms with E-state index in [0.29, 0.717) is 16.3 Å². The van der Waals surface area contributed by atoms with E-state index in [-0.39, 0.29) is 11.3 Å². The molecule has 0 radical (unpaired) electrons. The first-order chi connectivity index (χ1) is 8.08. The van der Waals surface area contributed by atoms with Gasteiger partial charge in [0.05, 0.1) is 34.7 Å². The Balaban J connectivity index is 2.37. The van der Waals surface area contributed by atoms with Gasteiger partial charge in [0.2, 0.25) is 0 Å². The highest BCUT2D eigenvalue weighted by Gasteiger charge is 2.37.